The van der Waals surface area contributed by atoms with Gasteiger partial charge in [0, 0.05) is 32.0 Å². The number of hydrogen-bond acceptors (Lipinski definition) is 4. The summed E-state index contributed by atoms with van der Waals surface area (Å²) in [5, 5.41) is 0. The van der Waals surface area contributed by atoms with Crippen molar-refractivity contribution in [1.82, 2.24) is 19.4 Å². The van der Waals surface area contributed by atoms with Crippen LogP contribution in [0, 0.1) is 11.8 Å². The van der Waals surface area contributed by atoms with Crippen molar-refractivity contribution < 1.29 is 4.79 Å². The molecular weight excluding hydrogens is 290 g/mol. The smallest absolute Gasteiger partial charge is 0.241 e. The van der Waals surface area contributed by atoms with Crippen LogP contribution < -0.4 is 5.73 Å². The predicted octanol–water partition coefficient (Wildman–Crippen LogP) is 0.791. The summed E-state index contributed by atoms with van der Waals surface area (Å²) in [7, 11) is 2.21. The number of aromatic nitrogens is 2. The van der Waals surface area contributed by atoms with Gasteiger partial charge in [0.25, 0.3) is 0 Å². The molecule has 1 aromatic rings. The van der Waals surface area contributed by atoms with Crippen molar-refractivity contribution in [3.8, 4) is 0 Å². The molecule has 0 aliphatic carbocycles. The molecule has 2 fully saturated rings. The Hall–Kier alpha value is -1.40. The zero-order valence-corrected chi connectivity index (χ0v) is 14.1. The van der Waals surface area contributed by atoms with E-state index < -0.39 is 6.04 Å². The van der Waals surface area contributed by atoms with E-state index >= 15 is 0 Å². The molecule has 1 amide bonds. The average Bonchev–Trinajstić information content (AvgIpc) is 3.08. The lowest BCUT2D eigenvalue weighted by Crippen LogP contribution is -2.49. The van der Waals surface area contributed by atoms with Gasteiger partial charge in [0.05, 0.1) is 6.33 Å². The van der Waals surface area contributed by atoms with Gasteiger partial charge in [-0.15, -0.1) is 0 Å². The fourth-order valence-electron chi connectivity index (χ4n) is 4.03. The van der Waals surface area contributed by atoms with E-state index in [0.29, 0.717) is 6.54 Å². The molecular formula is C17H29N5O. The van der Waals surface area contributed by atoms with Gasteiger partial charge in [-0.05, 0) is 57.7 Å². The third kappa shape index (κ3) is 4.12. The average molecular weight is 319 g/mol. The van der Waals surface area contributed by atoms with Crippen molar-refractivity contribution in [2.75, 3.05) is 33.2 Å². The second kappa shape index (κ2) is 7.45. The molecule has 2 N–H and O–H groups in total. The van der Waals surface area contributed by atoms with Crippen LogP contribution in [0.1, 0.15) is 25.7 Å². The minimum absolute atomic E-state index is 0.0838. The van der Waals surface area contributed by atoms with Gasteiger partial charge in [-0.3, -0.25) is 4.79 Å². The lowest BCUT2D eigenvalue weighted by Gasteiger charge is -2.40. The monoisotopic (exact) mass is 319 g/mol. The largest absolute Gasteiger partial charge is 0.341 e. The van der Waals surface area contributed by atoms with Crippen molar-refractivity contribution in [1.29, 1.82) is 0 Å². The Morgan fingerprint density at radius 1 is 1.17 bits per heavy atom. The van der Waals surface area contributed by atoms with Crippen LogP contribution in [-0.4, -0.2) is 64.5 Å². The summed E-state index contributed by atoms with van der Waals surface area (Å²) in [6.07, 6.45) is 10.2. The van der Waals surface area contributed by atoms with Crippen molar-refractivity contribution in [2.45, 2.75) is 38.3 Å². The second-order valence-electron chi connectivity index (χ2n) is 7.17. The number of imidazole rings is 1. The fraction of sp³-hybridized carbons (Fsp3) is 0.765. The van der Waals surface area contributed by atoms with Crippen LogP contribution in [0.5, 0.6) is 0 Å². The Kier molecular flexibility index (Phi) is 5.33. The molecule has 2 saturated heterocycles. The van der Waals surface area contributed by atoms with E-state index in [9.17, 15) is 4.79 Å². The van der Waals surface area contributed by atoms with Gasteiger partial charge in [0.15, 0.2) is 0 Å². The van der Waals surface area contributed by atoms with Crippen LogP contribution in [0.4, 0.5) is 0 Å². The summed E-state index contributed by atoms with van der Waals surface area (Å²) < 4.78 is 1.87. The molecule has 2 aliphatic rings. The first kappa shape index (κ1) is 16.5. The maximum atomic E-state index is 12.5. The van der Waals surface area contributed by atoms with Crippen molar-refractivity contribution >= 4 is 5.91 Å². The highest BCUT2D eigenvalue weighted by Gasteiger charge is 2.31. The van der Waals surface area contributed by atoms with E-state index in [-0.39, 0.29) is 5.91 Å². The molecule has 6 heteroatoms. The molecule has 0 unspecified atom stereocenters. The Labute approximate surface area is 138 Å². The predicted molar refractivity (Wildman–Crippen MR) is 89.7 cm³/mol. The maximum Gasteiger partial charge on any atom is 0.241 e. The van der Waals surface area contributed by atoms with Crippen LogP contribution in [-0.2, 0) is 11.3 Å². The number of rotatable bonds is 4. The van der Waals surface area contributed by atoms with Crippen LogP contribution in [0.15, 0.2) is 18.7 Å². The number of hydrogen-bond donors (Lipinski definition) is 1. The van der Waals surface area contributed by atoms with E-state index in [0.717, 1.165) is 37.8 Å². The maximum absolute atomic E-state index is 12.5. The molecule has 128 valence electrons. The first-order valence-corrected chi connectivity index (χ1v) is 8.82. The number of carbonyl (C=O) groups excluding carboxylic acids is 1. The summed E-state index contributed by atoms with van der Waals surface area (Å²) in [5.41, 5.74) is 6.09. The van der Waals surface area contributed by atoms with Gasteiger partial charge in [0.1, 0.15) is 6.04 Å². The molecule has 6 nitrogen and oxygen atoms in total. The quantitative estimate of drug-likeness (QED) is 0.891. The lowest BCUT2D eigenvalue weighted by atomic mass is 9.79. The molecule has 1 aromatic heterocycles. The van der Waals surface area contributed by atoms with Crippen molar-refractivity contribution in [3.63, 3.8) is 0 Å². The van der Waals surface area contributed by atoms with E-state index in [1.807, 2.05) is 15.7 Å². The molecule has 0 bridgehead atoms. The van der Waals surface area contributed by atoms with Crippen LogP contribution >= 0.6 is 0 Å². The van der Waals surface area contributed by atoms with Gasteiger partial charge in [-0.25, -0.2) is 4.98 Å². The molecule has 0 radical (unpaired) electrons. The normalized spacial score (nSPS) is 23.1. The number of carbonyl (C=O) groups is 1. The van der Waals surface area contributed by atoms with E-state index in [1.54, 1.807) is 12.5 Å². The zero-order valence-electron chi connectivity index (χ0n) is 14.1. The summed E-state index contributed by atoms with van der Waals surface area (Å²) in [6, 6.07) is -0.468. The Bertz CT molecular complexity index is 487. The summed E-state index contributed by atoms with van der Waals surface area (Å²) >= 11 is 0. The van der Waals surface area contributed by atoms with Gasteiger partial charge in [-0.2, -0.15) is 0 Å². The molecule has 2 aliphatic heterocycles. The fourth-order valence-corrected chi connectivity index (χ4v) is 4.03. The number of amides is 1. The lowest BCUT2D eigenvalue weighted by molar-refractivity contribution is -0.134. The Balaban J connectivity index is 1.45. The molecule has 1 atom stereocenters. The van der Waals surface area contributed by atoms with Gasteiger partial charge in [0.2, 0.25) is 5.91 Å². The minimum Gasteiger partial charge on any atom is -0.341 e. The van der Waals surface area contributed by atoms with Gasteiger partial charge >= 0.3 is 0 Å². The second-order valence-corrected chi connectivity index (χ2v) is 7.17. The summed E-state index contributed by atoms with van der Waals surface area (Å²) in [5.74, 6) is 1.72. The molecule has 0 aromatic carbocycles. The van der Waals surface area contributed by atoms with E-state index in [1.165, 1.54) is 25.9 Å². The first-order valence-electron chi connectivity index (χ1n) is 8.82. The SMILES string of the molecule is CN1CCC(C2CCN(C(=O)[C@H](N)Cn3ccnc3)CC2)CC1. The zero-order chi connectivity index (χ0) is 16.2. The van der Waals surface area contributed by atoms with Crippen LogP contribution in [0.3, 0.4) is 0 Å². The topological polar surface area (TPSA) is 67.4 Å². The molecule has 0 spiro atoms. The number of nitrogens with two attached hydrogens (primary N) is 1. The van der Waals surface area contributed by atoms with E-state index in [4.69, 9.17) is 5.73 Å². The van der Waals surface area contributed by atoms with Gasteiger partial charge in [-0.1, -0.05) is 0 Å². The molecule has 3 rings (SSSR count). The van der Waals surface area contributed by atoms with Gasteiger partial charge < -0.3 is 20.1 Å². The third-order valence-electron chi connectivity index (χ3n) is 5.57. The highest BCUT2D eigenvalue weighted by atomic mass is 16.2. The summed E-state index contributed by atoms with van der Waals surface area (Å²) in [6.45, 7) is 4.69. The van der Waals surface area contributed by atoms with Crippen molar-refractivity contribution in [3.05, 3.63) is 18.7 Å². The summed E-state index contributed by atoms with van der Waals surface area (Å²) in [4.78, 5) is 20.9. The van der Waals surface area contributed by atoms with Crippen LogP contribution in [0.2, 0.25) is 0 Å². The minimum atomic E-state index is -0.468. The standard InChI is InChI=1S/C17H29N5O/c1-20-7-2-14(3-8-20)15-4-9-22(10-5-15)17(23)16(18)12-21-11-6-19-13-21/h6,11,13-16H,2-5,7-10,12,18H2,1H3/t16-/m1/s1. The van der Waals surface area contributed by atoms with E-state index in [2.05, 4.69) is 16.9 Å². The number of likely N-dealkylation sites (tertiary alicyclic amines) is 2. The molecule has 3 heterocycles. The van der Waals surface area contributed by atoms with Crippen molar-refractivity contribution in [2.24, 2.45) is 17.6 Å². The molecule has 23 heavy (non-hydrogen) atoms. The first-order chi connectivity index (χ1) is 11.1. The molecule has 0 saturated carbocycles. The highest BCUT2D eigenvalue weighted by Crippen LogP contribution is 2.32. The Morgan fingerprint density at radius 2 is 1.78 bits per heavy atom. The number of nitrogens with zero attached hydrogens (tertiary/aromatic N) is 4. The highest BCUT2D eigenvalue weighted by molar-refractivity contribution is 5.81. The number of piperidine rings is 2. The third-order valence-corrected chi connectivity index (χ3v) is 5.57. The van der Waals surface area contributed by atoms with Crippen LogP contribution in [0.25, 0.3) is 0 Å². The Morgan fingerprint density at radius 3 is 2.35 bits per heavy atom.